The van der Waals surface area contributed by atoms with Gasteiger partial charge in [0.15, 0.2) is 0 Å². The van der Waals surface area contributed by atoms with Crippen LogP contribution in [-0.4, -0.2) is 18.5 Å². The molecular formula is C18H31ClN2O. The maximum Gasteiger partial charge on any atom is 0.220 e. The molecule has 1 aromatic carbocycles. The van der Waals surface area contributed by atoms with Gasteiger partial charge in [-0.2, -0.15) is 0 Å². The van der Waals surface area contributed by atoms with Crippen molar-refractivity contribution in [1.29, 1.82) is 0 Å². The van der Waals surface area contributed by atoms with Crippen molar-refractivity contribution in [3.63, 3.8) is 0 Å². The Morgan fingerprint density at radius 3 is 2.50 bits per heavy atom. The van der Waals surface area contributed by atoms with Crippen molar-refractivity contribution in [3.8, 4) is 0 Å². The Labute approximate surface area is 141 Å². The van der Waals surface area contributed by atoms with E-state index in [-0.39, 0.29) is 24.4 Å². The van der Waals surface area contributed by atoms with Crippen LogP contribution in [0.25, 0.3) is 0 Å². The third kappa shape index (κ3) is 8.40. The predicted octanol–water partition coefficient (Wildman–Crippen LogP) is 3.68. The number of nitrogens with one attached hydrogen (secondary N) is 1. The number of amides is 1. The zero-order chi connectivity index (χ0) is 15.7. The summed E-state index contributed by atoms with van der Waals surface area (Å²) in [5.41, 5.74) is 9.35. The van der Waals surface area contributed by atoms with Gasteiger partial charge in [0.1, 0.15) is 0 Å². The van der Waals surface area contributed by atoms with E-state index < -0.39 is 0 Å². The zero-order valence-electron chi connectivity index (χ0n) is 14.2. The molecule has 0 aliphatic carbocycles. The van der Waals surface area contributed by atoms with Crippen LogP contribution in [0, 0.1) is 13.8 Å². The molecule has 1 amide bonds. The highest BCUT2D eigenvalue weighted by molar-refractivity contribution is 5.85. The zero-order valence-corrected chi connectivity index (χ0v) is 15.0. The molecule has 22 heavy (non-hydrogen) atoms. The quantitative estimate of drug-likeness (QED) is 0.680. The molecule has 126 valence electrons. The normalized spacial score (nSPS) is 11.6. The van der Waals surface area contributed by atoms with Crippen LogP contribution in [0.4, 0.5) is 0 Å². The summed E-state index contributed by atoms with van der Waals surface area (Å²) in [4.78, 5) is 11.9. The lowest BCUT2D eigenvalue weighted by Gasteiger charge is -2.16. The number of hydrogen-bond donors (Lipinski definition) is 2. The van der Waals surface area contributed by atoms with Crippen LogP contribution >= 0.6 is 12.4 Å². The maximum absolute atomic E-state index is 11.9. The monoisotopic (exact) mass is 326 g/mol. The summed E-state index contributed by atoms with van der Waals surface area (Å²) in [6, 6.07) is 6.68. The van der Waals surface area contributed by atoms with Crippen LogP contribution in [0.2, 0.25) is 0 Å². The van der Waals surface area contributed by atoms with Crippen molar-refractivity contribution in [2.75, 3.05) is 6.54 Å². The minimum Gasteiger partial charge on any atom is -0.353 e. The van der Waals surface area contributed by atoms with Crippen molar-refractivity contribution >= 4 is 18.3 Å². The summed E-state index contributed by atoms with van der Waals surface area (Å²) in [5.74, 6) is 0.167. The second-order valence-electron chi connectivity index (χ2n) is 6.06. The Balaban J connectivity index is 0.00000441. The van der Waals surface area contributed by atoms with Crippen molar-refractivity contribution in [2.24, 2.45) is 5.73 Å². The largest absolute Gasteiger partial charge is 0.353 e. The number of halogens is 1. The number of unbranched alkanes of at least 4 members (excludes halogenated alkanes) is 3. The Morgan fingerprint density at radius 1 is 1.18 bits per heavy atom. The fraction of sp³-hybridized carbons (Fsp3) is 0.611. The molecule has 0 aromatic heterocycles. The molecule has 1 atom stereocenters. The van der Waals surface area contributed by atoms with E-state index in [1.807, 2.05) is 0 Å². The fourth-order valence-electron chi connectivity index (χ4n) is 2.59. The summed E-state index contributed by atoms with van der Waals surface area (Å²) in [7, 11) is 0. The van der Waals surface area contributed by atoms with Gasteiger partial charge in [-0.1, -0.05) is 36.6 Å². The summed E-state index contributed by atoms with van der Waals surface area (Å²) in [6.07, 6.45) is 5.76. The van der Waals surface area contributed by atoms with E-state index >= 15 is 0 Å². The lowest BCUT2D eigenvalue weighted by molar-refractivity contribution is -0.121. The molecule has 4 heteroatoms. The Morgan fingerprint density at radius 2 is 1.86 bits per heavy atom. The van der Waals surface area contributed by atoms with Crippen LogP contribution in [0.5, 0.6) is 0 Å². The molecule has 0 spiro atoms. The Kier molecular flexibility index (Phi) is 10.9. The Hall–Kier alpha value is -1.06. The second-order valence-corrected chi connectivity index (χ2v) is 6.06. The van der Waals surface area contributed by atoms with E-state index in [9.17, 15) is 4.79 Å². The van der Waals surface area contributed by atoms with Crippen LogP contribution in [-0.2, 0) is 11.2 Å². The smallest absolute Gasteiger partial charge is 0.220 e. The SMILES string of the molecule is Cc1ccc(CC(C)NC(=O)CCCCCCN)c(C)c1.Cl. The van der Waals surface area contributed by atoms with Crippen LogP contribution in [0.1, 0.15) is 55.7 Å². The van der Waals surface area contributed by atoms with E-state index in [0.717, 1.165) is 38.6 Å². The van der Waals surface area contributed by atoms with Crippen molar-refractivity contribution in [2.45, 2.75) is 65.3 Å². The number of benzene rings is 1. The average Bonchev–Trinajstić information content (AvgIpc) is 2.41. The molecule has 1 aromatic rings. The average molecular weight is 327 g/mol. The Bertz CT molecular complexity index is 449. The van der Waals surface area contributed by atoms with E-state index in [2.05, 4.69) is 44.3 Å². The van der Waals surface area contributed by atoms with Gasteiger partial charge in [0.05, 0.1) is 0 Å². The molecule has 0 saturated carbocycles. The second kappa shape index (κ2) is 11.5. The van der Waals surface area contributed by atoms with E-state index in [1.165, 1.54) is 16.7 Å². The molecule has 0 radical (unpaired) electrons. The molecule has 0 aliphatic heterocycles. The first-order chi connectivity index (χ1) is 10.0. The van der Waals surface area contributed by atoms with Gasteiger partial charge in [0.2, 0.25) is 5.91 Å². The fourth-order valence-corrected chi connectivity index (χ4v) is 2.59. The first-order valence-electron chi connectivity index (χ1n) is 8.08. The van der Waals surface area contributed by atoms with Gasteiger partial charge in [0.25, 0.3) is 0 Å². The van der Waals surface area contributed by atoms with Gasteiger partial charge >= 0.3 is 0 Å². The molecule has 1 unspecified atom stereocenters. The van der Waals surface area contributed by atoms with Crippen molar-refractivity contribution < 1.29 is 4.79 Å². The van der Waals surface area contributed by atoms with E-state index in [4.69, 9.17) is 5.73 Å². The molecule has 1 rings (SSSR count). The lowest BCUT2D eigenvalue weighted by Crippen LogP contribution is -2.34. The van der Waals surface area contributed by atoms with Crippen molar-refractivity contribution in [3.05, 3.63) is 34.9 Å². The molecule has 0 aliphatic rings. The lowest BCUT2D eigenvalue weighted by atomic mass is 10.00. The molecule has 0 bridgehead atoms. The summed E-state index contributed by atoms with van der Waals surface area (Å²) in [6.45, 7) is 7.06. The van der Waals surface area contributed by atoms with Crippen molar-refractivity contribution in [1.82, 2.24) is 5.32 Å². The van der Waals surface area contributed by atoms with Crippen LogP contribution in [0.3, 0.4) is 0 Å². The van der Waals surface area contributed by atoms with E-state index in [0.29, 0.717) is 6.42 Å². The minimum atomic E-state index is 0. The molecule has 0 saturated heterocycles. The topological polar surface area (TPSA) is 55.1 Å². The van der Waals surface area contributed by atoms with Gasteiger partial charge in [-0.15, -0.1) is 12.4 Å². The molecular weight excluding hydrogens is 296 g/mol. The summed E-state index contributed by atoms with van der Waals surface area (Å²) in [5, 5.41) is 3.10. The highest BCUT2D eigenvalue weighted by Gasteiger charge is 2.09. The molecule has 3 nitrogen and oxygen atoms in total. The van der Waals surface area contributed by atoms with Gasteiger partial charge in [-0.05, 0) is 57.7 Å². The number of carbonyl (C=O) groups excluding carboxylic acids is 1. The van der Waals surface area contributed by atoms with Gasteiger partial charge in [0, 0.05) is 12.5 Å². The first-order valence-corrected chi connectivity index (χ1v) is 8.08. The standard InChI is InChI=1S/C18H30N2O.ClH/c1-14-9-10-17(15(2)12-14)13-16(3)20-18(21)8-6-4-5-7-11-19;/h9-10,12,16H,4-8,11,13,19H2,1-3H3,(H,20,21);1H. The molecule has 0 heterocycles. The van der Waals surface area contributed by atoms with E-state index in [1.54, 1.807) is 0 Å². The van der Waals surface area contributed by atoms with Crippen LogP contribution in [0.15, 0.2) is 18.2 Å². The van der Waals surface area contributed by atoms with Crippen LogP contribution < -0.4 is 11.1 Å². The highest BCUT2D eigenvalue weighted by atomic mass is 35.5. The highest BCUT2D eigenvalue weighted by Crippen LogP contribution is 2.13. The maximum atomic E-state index is 11.9. The predicted molar refractivity (Wildman–Crippen MR) is 96.6 cm³/mol. The third-order valence-electron chi connectivity index (χ3n) is 3.79. The number of nitrogens with two attached hydrogens (primary N) is 1. The molecule has 0 fully saturated rings. The summed E-state index contributed by atoms with van der Waals surface area (Å²) >= 11 is 0. The number of hydrogen-bond acceptors (Lipinski definition) is 2. The number of rotatable bonds is 9. The summed E-state index contributed by atoms with van der Waals surface area (Å²) < 4.78 is 0. The number of aryl methyl sites for hydroxylation is 2. The van der Waals surface area contributed by atoms with Gasteiger partial charge in [-0.25, -0.2) is 0 Å². The first kappa shape index (κ1) is 20.9. The number of carbonyl (C=O) groups is 1. The minimum absolute atomic E-state index is 0. The molecule has 3 N–H and O–H groups in total. The van der Waals surface area contributed by atoms with Gasteiger partial charge in [-0.3, -0.25) is 4.79 Å². The third-order valence-corrected chi connectivity index (χ3v) is 3.79. The van der Waals surface area contributed by atoms with Gasteiger partial charge < -0.3 is 11.1 Å².